The van der Waals surface area contributed by atoms with E-state index in [2.05, 4.69) is 38.1 Å². The molecule has 1 aromatic carbocycles. The SMILES string of the molecule is CS(=O)c1ccc(CN2C3CC2CN(c2ccc(-c4cc(C(C=NC(F)F)=CN)cn5ncc(C#N)c45)cn2)C3)cc1. The number of aliphatic imine (C=N–C) groups is 1. The molecule has 0 amide bonds. The molecular weight excluding hydrogens is 558 g/mol. The summed E-state index contributed by atoms with van der Waals surface area (Å²) in [6.45, 7) is -0.251. The van der Waals surface area contributed by atoms with Crippen LogP contribution >= 0.6 is 0 Å². The lowest BCUT2D eigenvalue weighted by molar-refractivity contribution is -0.00869. The smallest absolute Gasteiger partial charge is 0.331 e. The van der Waals surface area contributed by atoms with Crippen molar-refractivity contribution in [3.8, 4) is 17.2 Å². The van der Waals surface area contributed by atoms with Crippen LogP contribution in [0.15, 0.2) is 77.1 Å². The summed E-state index contributed by atoms with van der Waals surface area (Å²) in [4.78, 5) is 13.6. The summed E-state index contributed by atoms with van der Waals surface area (Å²) in [5.41, 5.74) is 10.2. The Morgan fingerprint density at radius 3 is 2.60 bits per heavy atom. The number of rotatable bonds is 8. The number of fused-ring (bicyclic) bond motifs is 3. The summed E-state index contributed by atoms with van der Waals surface area (Å²) in [5.74, 6) is 0.871. The number of benzene rings is 1. The maximum absolute atomic E-state index is 12.7. The second-order valence-electron chi connectivity index (χ2n) is 10.4. The van der Waals surface area contributed by atoms with Gasteiger partial charge in [0.25, 0.3) is 0 Å². The molecule has 214 valence electrons. The summed E-state index contributed by atoms with van der Waals surface area (Å²) in [6, 6.07) is 16.7. The van der Waals surface area contributed by atoms with Gasteiger partial charge in [0.2, 0.25) is 0 Å². The fourth-order valence-electron chi connectivity index (χ4n) is 5.79. The average Bonchev–Trinajstić information content (AvgIpc) is 3.43. The van der Waals surface area contributed by atoms with Crippen LogP contribution in [0.3, 0.4) is 0 Å². The fraction of sp³-hybridized carbons (Fsp3) is 0.267. The van der Waals surface area contributed by atoms with Crippen LogP contribution in [0.1, 0.15) is 23.1 Å². The molecule has 3 aliphatic rings. The number of nitriles is 1. The zero-order chi connectivity index (χ0) is 29.4. The summed E-state index contributed by atoms with van der Waals surface area (Å²) in [5, 5.41) is 14.0. The number of anilines is 1. The maximum atomic E-state index is 12.7. The third kappa shape index (κ3) is 5.29. The predicted octanol–water partition coefficient (Wildman–Crippen LogP) is 4.06. The molecule has 3 saturated heterocycles. The molecule has 12 heteroatoms. The molecular formula is C30H28F2N8OS. The Bertz CT molecular complexity index is 1730. The molecule has 0 saturated carbocycles. The molecule has 2 bridgehead atoms. The molecule has 0 radical (unpaired) electrons. The van der Waals surface area contributed by atoms with Gasteiger partial charge < -0.3 is 10.6 Å². The van der Waals surface area contributed by atoms with E-state index in [9.17, 15) is 18.3 Å². The van der Waals surface area contributed by atoms with Crippen molar-refractivity contribution in [2.75, 3.05) is 24.2 Å². The number of pyridine rings is 2. The quantitative estimate of drug-likeness (QED) is 0.245. The molecule has 3 aliphatic heterocycles. The molecule has 4 aromatic rings. The van der Waals surface area contributed by atoms with E-state index in [0.29, 0.717) is 39.9 Å². The number of hydrogen-bond acceptors (Lipinski definition) is 8. The summed E-state index contributed by atoms with van der Waals surface area (Å²) in [6.07, 6.45) is 9.93. The highest BCUT2D eigenvalue weighted by Crippen LogP contribution is 2.36. The minimum Gasteiger partial charge on any atom is -0.404 e. The number of alkyl halides is 2. The minimum atomic E-state index is -2.86. The van der Waals surface area contributed by atoms with Gasteiger partial charge in [0, 0.05) is 101 Å². The van der Waals surface area contributed by atoms with E-state index in [0.717, 1.165) is 48.5 Å². The molecule has 42 heavy (non-hydrogen) atoms. The van der Waals surface area contributed by atoms with Crippen LogP contribution in [-0.2, 0) is 17.3 Å². The number of aromatic nitrogens is 3. The molecule has 0 aliphatic carbocycles. The van der Waals surface area contributed by atoms with Crippen LogP contribution in [0.25, 0.3) is 22.2 Å². The van der Waals surface area contributed by atoms with Crippen molar-refractivity contribution >= 4 is 33.9 Å². The second kappa shape index (κ2) is 11.4. The topological polar surface area (TPSA) is 116 Å². The molecule has 2 N–H and O–H groups in total. The van der Waals surface area contributed by atoms with Crippen molar-refractivity contribution in [1.29, 1.82) is 5.26 Å². The van der Waals surface area contributed by atoms with E-state index >= 15 is 0 Å². The number of hydrogen-bond donors (Lipinski definition) is 1. The van der Waals surface area contributed by atoms with Crippen LogP contribution in [0.5, 0.6) is 0 Å². The van der Waals surface area contributed by atoms with Crippen molar-refractivity contribution in [2.45, 2.75) is 36.5 Å². The highest BCUT2D eigenvalue weighted by Gasteiger charge is 2.44. The first-order valence-electron chi connectivity index (χ1n) is 13.4. The van der Waals surface area contributed by atoms with Crippen LogP contribution < -0.4 is 10.6 Å². The number of nitrogens with zero attached hydrogens (tertiary/aromatic N) is 7. The lowest BCUT2D eigenvalue weighted by Crippen LogP contribution is -2.68. The average molecular weight is 587 g/mol. The van der Waals surface area contributed by atoms with Crippen molar-refractivity contribution in [2.24, 2.45) is 10.7 Å². The van der Waals surface area contributed by atoms with E-state index < -0.39 is 17.3 Å². The Labute approximate surface area is 244 Å². The predicted molar refractivity (Wildman–Crippen MR) is 159 cm³/mol. The highest BCUT2D eigenvalue weighted by atomic mass is 32.2. The van der Waals surface area contributed by atoms with Crippen molar-refractivity contribution in [3.63, 3.8) is 0 Å². The Hall–Kier alpha value is -4.47. The van der Waals surface area contributed by atoms with Gasteiger partial charge in [0.15, 0.2) is 0 Å². The Balaban J connectivity index is 1.22. The van der Waals surface area contributed by atoms with Crippen LogP contribution in [0.2, 0.25) is 0 Å². The third-order valence-electron chi connectivity index (χ3n) is 7.92. The Morgan fingerprint density at radius 1 is 1.21 bits per heavy atom. The Morgan fingerprint density at radius 2 is 1.98 bits per heavy atom. The zero-order valence-electron chi connectivity index (χ0n) is 22.8. The van der Waals surface area contributed by atoms with E-state index in [1.165, 1.54) is 18.0 Å². The van der Waals surface area contributed by atoms with E-state index in [-0.39, 0.29) is 0 Å². The first-order chi connectivity index (χ1) is 20.3. The number of allylic oxidation sites excluding steroid dienone is 1. The molecule has 3 fully saturated rings. The van der Waals surface area contributed by atoms with Gasteiger partial charge >= 0.3 is 6.55 Å². The van der Waals surface area contributed by atoms with Gasteiger partial charge in [-0.1, -0.05) is 12.1 Å². The van der Waals surface area contributed by atoms with Gasteiger partial charge in [-0.3, -0.25) is 9.11 Å². The van der Waals surface area contributed by atoms with Gasteiger partial charge in [-0.2, -0.15) is 19.1 Å². The zero-order valence-corrected chi connectivity index (χ0v) is 23.6. The molecule has 7 rings (SSSR count). The molecule has 3 aromatic heterocycles. The lowest BCUT2D eigenvalue weighted by atomic mass is 9.86. The standard InChI is InChI=1S/C30H28F2N8OS/c1-42(41)26-5-2-19(3-6-26)15-39-24-9-25(39)18-38(17-24)28-7-4-20(12-35-28)27-8-21(22(10-33)13-36-30(31)32)16-40-29(27)23(11-34)14-37-40/h2-8,10,12-14,16,24-25,30H,9,15,17-18,33H2,1H3. The van der Waals surface area contributed by atoms with E-state index in [1.54, 1.807) is 29.2 Å². The third-order valence-corrected chi connectivity index (χ3v) is 8.86. The molecule has 3 unspecified atom stereocenters. The van der Waals surface area contributed by atoms with Gasteiger partial charge in [-0.25, -0.2) is 14.5 Å². The Kier molecular flexibility index (Phi) is 7.53. The molecule has 0 spiro atoms. The maximum Gasteiger partial charge on any atom is 0.331 e. The van der Waals surface area contributed by atoms with Crippen molar-refractivity contribution in [1.82, 2.24) is 19.5 Å². The van der Waals surface area contributed by atoms with Gasteiger partial charge in [0.1, 0.15) is 11.9 Å². The number of halogens is 2. The molecule has 9 nitrogen and oxygen atoms in total. The molecule has 3 atom stereocenters. The van der Waals surface area contributed by atoms with Crippen LogP contribution in [-0.4, -0.2) is 67.9 Å². The summed E-state index contributed by atoms with van der Waals surface area (Å²) >= 11 is 0. The van der Waals surface area contributed by atoms with Gasteiger partial charge in [-0.15, -0.1) is 0 Å². The van der Waals surface area contributed by atoms with Gasteiger partial charge in [-0.05, 0) is 42.3 Å². The number of piperidine rings is 1. The summed E-state index contributed by atoms with van der Waals surface area (Å²) < 4.78 is 38.7. The largest absolute Gasteiger partial charge is 0.404 e. The monoisotopic (exact) mass is 586 g/mol. The second-order valence-corrected chi connectivity index (χ2v) is 11.8. The van der Waals surface area contributed by atoms with E-state index in [1.807, 2.05) is 24.3 Å². The van der Waals surface area contributed by atoms with E-state index in [4.69, 9.17) is 10.7 Å². The first kappa shape index (κ1) is 27.7. The van der Waals surface area contributed by atoms with Gasteiger partial charge in [0.05, 0.1) is 17.3 Å². The first-order valence-corrected chi connectivity index (χ1v) is 14.9. The number of nitrogens with two attached hydrogens (primary N) is 1. The fourth-order valence-corrected chi connectivity index (χ4v) is 6.31. The lowest BCUT2D eigenvalue weighted by Gasteiger charge is -2.56. The number of piperazine rings is 1. The van der Waals surface area contributed by atoms with Crippen molar-refractivity contribution < 1.29 is 13.0 Å². The van der Waals surface area contributed by atoms with Crippen molar-refractivity contribution in [3.05, 3.63) is 83.9 Å². The summed E-state index contributed by atoms with van der Waals surface area (Å²) in [7, 11) is -0.979. The van der Waals surface area contributed by atoms with Crippen LogP contribution in [0, 0.1) is 11.3 Å². The minimum absolute atomic E-state index is 0.297. The molecule has 6 heterocycles. The highest BCUT2D eigenvalue weighted by molar-refractivity contribution is 7.84. The normalized spacial score (nSPS) is 19.8. The van der Waals surface area contributed by atoms with Crippen LogP contribution in [0.4, 0.5) is 14.6 Å².